The average Bonchev–Trinajstić information content (AvgIpc) is 2.46. The summed E-state index contributed by atoms with van der Waals surface area (Å²) in [5.74, 6) is -0.128. The highest BCUT2D eigenvalue weighted by atomic mass is 16.6. The van der Waals surface area contributed by atoms with Crippen LogP contribution in [0.3, 0.4) is 0 Å². The first-order chi connectivity index (χ1) is 10.7. The molecule has 0 heterocycles. The molecule has 0 radical (unpaired) electrons. The number of hydrogen-bond donors (Lipinski definition) is 1. The Labute approximate surface area is 137 Å². The lowest BCUT2D eigenvalue weighted by molar-refractivity contribution is -0.156. The van der Waals surface area contributed by atoms with Crippen LogP contribution in [0.25, 0.3) is 0 Å². The van der Waals surface area contributed by atoms with E-state index in [4.69, 9.17) is 9.84 Å². The Balaban J connectivity index is 1.84. The molecule has 1 fully saturated rings. The van der Waals surface area contributed by atoms with Crippen LogP contribution >= 0.6 is 0 Å². The van der Waals surface area contributed by atoms with E-state index in [9.17, 15) is 9.59 Å². The summed E-state index contributed by atoms with van der Waals surface area (Å²) in [6.07, 6.45) is 4.62. The normalized spacial score (nSPS) is 21.7. The minimum Gasteiger partial charge on any atom is -0.478 e. The van der Waals surface area contributed by atoms with Gasteiger partial charge in [0.1, 0.15) is 5.60 Å². The smallest absolute Gasteiger partial charge is 0.335 e. The third-order valence-electron chi connectivity index (χ3n) is 4.35. The van der Waals surface area contributed by atoms with Crippen molar-refractivity contribution in [1.82, 2.24) is 0 Å². The molecule has 0 aromatic heterocycles. The molecule has 4 heteroatoms. The van der Waals surface area contributed by atoms with Gasteiger partial charge in [0.05, 0.1) is 5.56 Å². The summed E-state index contributed by atoms with van der Waals surface area (Å²) in [4.78, 5) is 22.8. The van der Waals surface area contributed by atoms with E-state index in [1.54, 1.807) is 12.1 Å². The summed E-state index contributed by atoms with van der Waals surface area (Å²) >= 11 is 0. The van der Waals surface area contributed by atoms with E-state index in [1.807, 2.05) is 32.9 Å². The Bertz CT molecular complexity index is 546. The highest BCUT2D eigenvalue weighted by molar-refractivity contribution is 5.87. The highest BCUT2D eigenvalue weighted by Crippen LogP contribution is 2.37. The Morgan fingerprint density at radius 1 is 1.09 bits per heavy atom. The van der Waals surface area contributed by atoms with E-state index in [1.165, 1.54) is 5.56 Å². The lowest BCUT2D eigenvalue weighted by atomic mass is 9.77. The lowest BCUT2D eigenvalue weighted by Gasteiger charge is -2.29. The second kappa shape index (κ2) is 7.16. The molecule has 0 spiro atoms. The van der Waals surface area contributed by atoms with Crippen LogP contribution in [0.4, 0.5) is 0 Å². The number of carboxylic acid groups (broad SMARTS) is 1. The molecule has 0 unspecified atom stereocenters. The van der Waals surface area contributed by atoms with Crippen molar-refractivity contribution < 1.29 is 19.4 Å². The van der Waals surface area contributed by atoms with E-state index < -0.39 is 11.6 Å². The molecule has 1 aromatic carbocycles. The zero-order valence-electron chi connectivity index (χ0n) is 14.2. The fourth-order valence-electron chi connectivity index (χ4n) is 3.22. The van der Waals surface area contributed by atoms with E-state index >= 15 is 0 Å². The van der Waals surface area contributed by atoms with E-state index in [0.717, 1.165) is 25.7 Å². The van der Waals surface area contributed by atoms with Crippen LogP contribution in [-0.2, 0) is 9.53 Å². The van der Waals surface area contributed by atoms with Gasteiger partial charge in [0.2, 0.25) is 0 Å². The van der Waals surface area contributed by atoms with Crippen molar-refractivity contribution in [1.29, 1.82) is 0 Å². The maximum atomic E-state index is 11.9. The third-order valence-corrected chi connectivity index (χ3v) is 4.35. The summed E-state index contributed by atoms with van der Waals surface area (Å²) in [5, 5.41) is 8.94. The first-order valence-electron chi connectivity index (χ1n) is 8.29. The van der Waals surface area contributed by atoms with Gasteiger partial charge in [-0.05, 0) is 76.0 Å². The van der Waals surface area contributed by atoms with Gasteiger partial charge in [-0.2, -0.15) is 0 Å². The molecule has 0 bridgehead atoms. The number of hydrogen-bond acceptors (Lipinski definition) is 3. The summed E-state index contributed by atoms with van der Waals surface area (Å²) < 4.78 is 5.39. The van der Waals surface area contributed by atoms with Gasteiger partial charge >= 0.3 is 11.9 Å². The van der Waals surface area contributed by atoms with Crippen molar-refractivity contribution in [2.24, 2.45) is 5.92 Å². The van der Waals surface area contributed by atoms with Gasteiger partial charge in [0.15, 0.2) is 0 Å². The van der Waals surface area contributed by atoms with Gasteiger partial charge in [-0.25, -0.2) is 4.79 Å². The maximum absolute atomic E-state index is 11.9. The van der Waals surface area contributed by atoms with Gasteiger partial charge in [-0.1, -0.05) is 12.1 Å². The minimum absolute atomic E-state index is 0.105. The van der Waals surface area contributed by atoms with Crippen molar-refractivity contribution in [3.8, 4) is 0 Å². The topological polar surface area (TPSA) is 63.6 Å². The molecule has 1 aliphatic carbocycles. The second-order valence-electron chi connectivity index (χ2n) is 7.44. The molecular formula is C19H26O4. The molecule has 0 atom stereocenters. The van der Waals surface area contributed by atoms with Crippen LogP contribution in [0.15, 0.2) is 24.3 Å². The molecule has 1 aromatic rings. The van der Waals surface area contributed by atoms with Gasteiger partial charge in [-0.3, -0.25) is 4.79 Å². The Kier molecular flexibility index (Phi) is 5.45. The van der Waals surface area contributed by atoms with Crippen LogP contribution < -0.4 is 0 Å². The number of ether oxygens (including phenoxy) is 1. The van der Waals surface area contributed by atoms with Crippen molar-refractivity contribution in [3.63, 3.8) is 0 Å². The zero-order valence-corrected chi connectivity index (χ0v) is 14.2. The molecule has 4 nitrogen and oxygen atoms in total. The Morgan fingerprint density at radius 2 is 1.65 bits per heavy atom. The number of esters is 1. The van der Waals surface area contributed by atoms with Crippen molar-refractivity contribution in [2.75, 3.05) is 0 Å². The maximum Gasteiger partial charge on any atom is 0.335 e. The van der Waals surface area contributed by atoms with E-state index in [2.05, 4.69) is 0 Å². The summed E-state index contributed by atoms with van der Waals surface area (Å²) in [5.41, 5.74) is 1.11. The van der Waals surface area contributed by atoms with Crippen molar-refractivity contribution in [3.05, 3.63) is 35.4 Å². The van der Waals surface area contributed by atoms with Gasteiger partial charge < -0.3 is 9.84 Å². The van der Waals surface area contributed by atoms with Gasteiger partial charge in [0, 0.05) is 6.42 Å². The molecule has 126 valence electrons. The average molecular weight is 318 g/mol. The third kappa shape index (κ3) is 5.38. The number of carbonyl (C=O) groups is 2. The monoisotopic (exact) mass is 318 g/mol. The first kappa shape index (κ1) is 17.5. The van der Waals surface area contributed by atoms with Gasteiger partial charge in [0.25, 0.3) is 0 Å². The summed E-state index contributed by atoms with van der Waals surface area (Å²) in [7, 11) is 0. The Hall–Kier alpha value is -1.84. The van der Waals surface area contributed by atoms with Crippen molar-refractivity contribution in [2.45, 2.75) is 64.4 Å². The molecule has 0 saturated heterocycles. The molecule has 1 aliphatic rings. The predicted molar refractivity (Wildman–Crippen MR) is 88.6 cm³/mol. The van der Waals surface area contributed by atoms with E-state index in [0.29, 0.717) is 23.8 Å². The fourth-order valence-corrected chi connectivity index (χ4v) is 3.22. The number of benzene rings is 1. The van der Waals surface area contributed by atoms with Gasteiger partial charge in [-0.15, -0.1) is 0 Å². The molecule has 23 heavy (non-hydrogen) atoms. The minimum atomic E-state index is -0.891. The first-order valence-corrected chi connectivity index (χ1v) is 8.29. The Morgan fingerprint density at radius 3 is 2.13 bits per heavy atom. The largest absolute Gasteiger partial charge is 0.478 e. The second-order valence-corrected chi connectivity index (χ2v) is 7.44. The van der Waals surface area contributed by atoms with Crippen LogP contribution in [0.2, 0.25) is 0 Å². The SMILES string of the molecule is CC(C)(C)OC(=O)CC1CCC(c2ccc(C(=O)O)cc2)CC1. The zero-order chi connectivity index (χ0) is 17.0. The molecule has 0 aliphatic heterocycles. The van der Waals surface area contributed by atoms with Crippen LogP contribution in [-0.4, -0.2) is 22.6 Å². The molecular weight excluding hydrogens is 292 g/mol. The molecule has 1 N–H and O–H groups in total. The van der Waals surface area contributed by atoms with E-state index in [-0.39, 0.29) is 5.97 Å². The lowest BCUT2D eigenvalue weighted by Crippen LogP contribution is -2.26. The highest BCUT2D eigenvalue weighted by Gasteiger charge is 2.26. The quantitative estimate of drug-likeness (QED) is 0.836. The van der Waals surface area contributed by atoms with Crippen molar-refractivity contribution >= 4 is 11.9 Å². The van der Waals surface area contributed by atoms with Crippen LogP contribution in [0, 0.1) is 5.92 Å². The van der Waals surface area contributed by atoms with Crippen LogP contribution in [0.1, 0.15) is 74.7 Å². The fraction of sp³-hybridized carbons (Fsp3) is 0.579. The number of carbonyl (C=O) groups excluding carboxylic acids is 1. The number of carboxylic acids is 1. The molecule has 1 saturated carbocycles. The summed E-state index contributed by atoms with van der Waals surface area (Å²) in [6.45, 7) is 5.67. The number of aromatic carboxylic acids is 1. The standard InChI is InChI=1S/C19H26O4/c1-19(2,3)23-17(20)12-13-4-6-14(7-5-13)15-8-10-16(11-9-15)18(21)22/h8-11,13-14H,4-7,12H2,1-3H3,(H,21,22). The summed E-state index contributed by atoms with van der Waals surface area (Å²) in [6, 6.07) is 7.18. The number of rotatable bonds is 4. The molecule has 2 rings (SSSR count). The molecule has 0 amide bonds. The van der Waals surface area contributed by atoms with Crippen LogP contribution in [0.5, 0.6) is 0 Å². The predicted octanol–water partition coefficient (Wildman–Crippen LogP) is 4.39.